The fourth-order valence-corrected chi connectivity index (χ4v) is 9.63. The monoisotopic (exact) mass is 1110 g/mol. The lowest BCUT2D eigenvalue weighted by atomic mass is 10.1. The van der Waals surface area contributed by atoms with Crippen LogP contribution in [0.15, 0.2) is 52.8 Å². The zero-order chi connectivity index (χ0) is 57.3. The molecule has 8 amide bonds. The van der Waals surface area contributed by atoms with Gasteiger partial charge in [-0.05, 0) is 50.7 Å². The summed E-state index contributed by atoms with van der Waals surface area (Å²) in [5.41, 5.74) is 1.88. The van der Waals surface area contributed by atoms with Gasteiger partial charge >= 0.3 is 0 Å². The van der Waals surface area contributed by atoms with Crippen LogP contribution in [0.25, 0.3) is 0 Å². The van der Waals surface area contributed by atoms with Crippen LogP contribution < -0.4 is 50.8 Å². The zero-order valence-corrected chi connectivity index (χ0v) is 45.3. The second-order valence-corrected chi connectivity index (χ2v) is 19.4. The Bertz CT molecular complexity index is 3340. The quantitative estimate of drug-likeness (QED) is 0.0512. The zero-order valence-electron chi connectivity index (χ0n) is 45.3. The summed E-state index contributed by atoms with van der Waals surface area (Å²) < 4.78 is 27.0. The normalized spacial score (nSPS) is 15.8. The number of aryl methyl sites for hydroxylation is 3. The Morgan fingerprint density at radius 3 is 1.44 bits per heavy atom. The van der Waals surface area contributed by atoms with E-state index in [0.717, 1.165) is 25.7 Å². The number of methoxy groups -OCH3 is 2. The van der Waals surface area contributed by atoms with Gasteiger partial charge in [-0.15, -0.1) is 0 Å². The van der Waals surface area contributed by atoms with Crippen molar-refractivity contribution in [2.24, 2.45) is 31.1 Å². The Balaban J connectivity index is 0.659. The summed E-state index contributed by atoms with van der Waals surface area (Å²) in [5, 5.41) is 15.7. The molecule has 4 aliphatic rings. The first-order chi connectivity index (χ1) is 39.1. The molecule has 5 aromatic rings. The number of benzene rings is 2. The van der Waals surface area contributed by atoms with Crippen molar-refractivity contribution in [3.05, 3.63) is 71.5 Å². The average molecular weight is 1120 g/mol. The van der Waals surface area contributed by atoms with Crippen LogP contribution >= 0.6 is 0 Å². The topological polar surface area (TPSA) is 330 Å². The summed E-state index contributed by atoms with van der Waals surface area (Å²) in [7, 11) is 7.61. The van der Waals surface area contributed by atoms with E-state index in [-0.39, 0.29) is 110 Å². The minimum atomic E-state index is -0.713. The predicted octanol–water partition coefficient (Wildman–Crippen LogP) is 2.67. The van der Waals surface area contributed by atoms with E-state index in [0.29, 0.717) is 71.4 Å². The summed E-state index contributed by atoms with van der Waals surface area (Å²) in [6, 6.07) is 6.54. The number of imidazole rings is 3. The van der Waals surface area contributed by atoms with Crippen LogP contribution in [0.1, 0.15) is 104 Å². The van der Waals surface area contributed by atoms with Gasteiger partial charge in [0.1, 0.15) is 0 Å². The third-order valence-corrected chi connectivity index (χ3v) is 13.7. The van der Waals surface area contributed by atoms with Gasteiger partial charge < -0.3 is 74.3 Å². The van der Waals surface area contributed by atoms with Crippen LogP contribution in [0.3, 0.4) is 0 Å². The van der Waals surface area contributed by atoms with Crippen LogP contribution in [0.4, 0.5) is 28.8 Å². The summed E-state index contributed by atoms with van der Waals surface area (Å²) in [6.07, 6.45) is 12.3. The highest BCUT2D eigenvalue weighted by Crippen LogP contribution is 2.40. The minimum absolute atomic E-state index is 0.00336. The van der Waals surface area contributed by atoms with Crippen LogP contribution in [0, 0.1) is 0 Å². The van der Waals surface area contributed by atoms with E-state index in [2.05, 4.69) is 56.8 Å². The van der Waals surface area contributed by atoms with E-state index < -0.39 is 30.2 Å². The first kappa shape index (κ1) is 56.1. The number of carbonyl (C=O) groups is 8. The third kappa shape index (κ3) is 13.1. The van der Waals surface area contributed by atoms with E-state index in [9.17, 15) is 38.4 Å². The van der Waals surface area contributed by atoms with Gasteiger partial charge in [-0.1, -0.05) is 0 Å². The Hall–Kier alpha value is -9.63. The summed E-state index contributed by atoms with van der Waals surface area (Å²) in [4.78, 5) is 129. The number of nitrogens with zero attached hydrogens (tertiary/aromatic N) is 10. The molecule has 28 heteroatoms. The van der Waals surface area contributed by atoms with Crippen LogP contribution in [-0.4, -0.2) is 170 Å². The van der Waals surface area contributed by atoms with E-state index in [1.807, 2.05) is 9.80 Å². The van der Waals surface area contributed by atoms with E-state index in [1.54, 1.807) is 43.7 Å². The first-order valence-electron chi connectivity index (χ1n) is 26.3. The largest absolute Gasteiger partial charge is 0.493 e. The summed E-state index contributed by atoms with van der Waals surface area (Å²) in [6.45, 7) is 1.54. The molecule has 0 spiro atoms. The number of hydrogen-bond acceptors (Lipinski definition) is 17. The van der Waals surface area contributed by atoms with Gasteiger partial charge in [0.2, 0.25) is 35.2 Å². The van der Waals surface area contributed by atoms with Crippen molar-refractivity contribution in [3.63, 3.8) is 0 Å². The van der Waals surface area contributed by atoms with Gasteiger partial charge in [0.05, 0.1) is 68.6 Å². The van der Waals surface area contributed by atoms with Crippen molar-refractivity contribution >= 4 is 88.5 Å². The maximum absolute atomic E-state index is 13.3. The molecule has 0 saturated carbocycles. The molecular formula is C53H62N16O12. The highest BCUT2D eigenvalue weighted by molar-refractivity contribution is 6.06. The fourth-order valence-electron chi connectivity index (χ4n) is 9.63. The van der Waals surface area contributed by atoms with Crippen molar-refractivity contribution in [2.75, 3.05) is 76.1 Å². The van der Waals surface area contributed by atoms with Crippen molar-refractivity contribution < 1.29 is 57.3 Å². The maximum atomic E-state index is 13.3. The highest BCUT2D eigenvalue weighted by Gasteiger charge is 2.34. The number of aromatic nitrogens is 6. The first-order valence-corrected chi connectivity index (χ1v) is 26.3. The summed E-state index contributed by atoms with van der Waals surface area (Å²) >= 11 is 0. The van der Waals surface area contributed by atoms with Crippen molar-refractivity contribution in [3.8, 4) is 23.0 Å². The van der Waals surface area contributed by atoms with Gasteiger partial charge in [-0.2, -0.15) is 0 Å². The number of rotatable bonds is 23. The number of fused-ring (bicyclic) bond motifs is 4. The van der Waals surface area contributed by atoms with Crippen molar-refractivity contribution in [1.82, 2.24) is 54.4 Å². The Kier molecular flexibility index (Phi) is 17.3. The highest BCUT2D eigenvalue weighted by atomic mass is 16.5. The SMILES string of the molecule is COc1cc2c(cc1OCCCC(=O)NCCNC(=O)CNC(=O)c1nc(NC(=O)c3nc(NC(=O)c4nc(NC(=O)CCCOc5cc6c(cc5OC)C(=O)N5CCC[C@@H]5C=N6)cn4C)cn3C)cn1C)N=C[C@H]1CCCN1C2=O. The lowest BCUT2D eigenvalue weighted by Gasteiger charge is -2.20. The van der Waals surface area contributed by atoms with Crippen LogP contribution in [-0.2, 0) is 35.5 Å². The Morgan fingerprint density at radius 1 is 0.543 bits per heavy atom. The molecule has 28 nitrogen and oxygen atoms in total. The molecule has 9 rings (SSSR count). The van der Waals surface area contributed by atoms with Crippen molar-refractivity contribution in [1.29, 1.82) is 0 Å². The minimum Gasteiger partial charge on any atom is -0.493 e. The Labute approximate surface area is 464 Å². The van der Waals surface area contributed by atoms with Gasteiger partial charge in [-0.3, -0.25) is 48.3 Å². The molecule has 2 saturated heterocycles. The van der Waals surface area contributed by atoms with E-state index in [1.165, 1.54) is 60.6 Å². The number of anilines is 3. The molecule has 2 aromatic carbocycles. The number of nitrogens with one attached hydrogen (secondary N) is 6. The maximum Gasteiger partial charge on any atom is 0.292 e. The molecule has 0 bridgehead atoms. The number of ether oxygens (including phenoxy) is 4. The molecule has 0 radical (unpaired) electrons. The standard InChI is InChI=1S/C53H62N16O12/c1-65-28-41(61-46(65)49(73)58-26-45(72)55-15-14-54-43(70)12-8-18-80-38-22-34-32(20-36(38)78-4)52(76)68-16-6-10-30(68)24-56-34)63-51(75)48-62-42(29-67(48)3)64-50(74)47-60-40(27-66(47)2)59-44(71)13-9-19-81-39-23-35-33(21-37(39)79-5)53(77)69-17-7-11-31(69)25-57-35/h20-25,27-31H,6-19,26H2,1-5H3,(H,54,70)(H,55,72)(H,58,73)(H,59,71)(H,63,75)(H,64,74)/t30-,31-/m1/s1. The van der Waals surface area contributed by atoms with Gasteiger partial charge in [0, 0.05) is 103 Å². The molecular weight excluding hydrogens is 1050 g/mol. The molecule has 0 aliphatic carbocycles. The third-order valence-electron chi connectivity index (χ3n) is 13.7. The number of aliphatic imine (C=N–C) groups is 2. The fraction of sp³-hybridized carbons (Fsp3) is 0.415. The molecule has 7 heterocycles. The molecule has 2 fully saturated rings. The second-order valence-electron chi connectivity index (χ2n) is 19.4. The lowest BCUT2D eigenvalue weighted by Crippen LogP contribution is -2.40. The van der Waals surface area contributed by atoms with E-state index in [4.69, 9.17) is 18.9 Å². The molecule has 4 aliphatic heterocycles. The number of carbonyl (C=O) groups excluding carboxylic acids is 8. The lowest BCUT2D eigenvalue weighted by molar-refractivity contribution is -0.122. The average Bonchev–Trinajstić information content (AvgIpc) is 4.39. The summed E-state index contributed by atoms with van der Waals surface area (Å²) in [5.74, 6) is -1.99. The van der Waals surface area contributed by atoms with Gasteiger partial charge in [-0.25, -0.2) is 15.0 Å². The number of hydrogen-bond donors (Lipinski definition) is 6. The van der Waals surface area contributed by atoms with E-state index >= 15 is 0 Å². The molecule has 81 heavy (non-hydrogen) atoms. The molecule has 0 unspecified atom stereocenters. The molecule has 3 aromatic heterocycles. The predicted molar refractivity (Wildman–Crippen MR) is 292 cm³/mol. The number of amides is 8. The van der Waals surface area contributed by atoms with Gasteiger partial charge in [0.25, 0.3) is 29.5 Å². The molecule has 2 atom stereocenters. The van der Waals surface area contributed by atoms with Crippen molar-refractivity contribution in [2.45, 2.75) is 63.5 Å². The Morgan fingerprint density at radius 2 is 0.975 bits per heavy atom. The molecule has 6 N–H and O–H groups in total. The van der Waals surface area contributed by atoms with Gasteiger partial charge in [0.15, 0.2) is 40.5 Å². The van der Waals surface area contributed by atoms with Crippen LogP contribution in [0.2, 0.25) is 0 Å². The van der Waals surface area contributed by atoms with Crippen LogP contribution in [0.5, 0.6) is 23.0 Å². The second kappa shape index (κ2) is 25.0. The smallest absolute Gasteiger partial charge is 0.292 e. The molecule has 426 valence electrons.